The molecule has 0 bridgehead atoms. The van der Waals surface area contributed by atoms with Crippen molar-refractivity contribution in [3.05, 3.63) is 52.4 Å². The van der Waals surface area contributed by atoms with Crippen molar-refractivity contribution in [1.82, 2.24) is 24.8 Å². The molecule has 1 aliphatic rings. The molecule has 3 aromatic rings. The van der Waals surface area contributed by atoms with Gasteiger partial charge in [0, 0.05) is 37.5 Å². The number of ether oxygens (including phenoxy) is 2. The lowest BCUT2D eigenvalue weighted by Crippen LogP contribution is -2.44. The van der Waals surface area contributed by atoms with E-state index in [0.29, 0.717) is 31.7 Å². The Labute approximate surface area is 240 Å². The molecule has 0 aliphatic carbocycles. The highest BCUT2D eigenvalue weighted by atomic mass is 19.4. The van der Waals surface area contributed by atoms with Crippen LogP contribution in [0.15, 0.2) is 41.3 Å². The lowest BCUT2D eigenvalue weighted by molar-refractivity contribution is -0.137. The summed E-state index contributed by atoms with van der Waals surface area (Å²) in [6.45, 7) is 9.30. The van der Waals surface area contributed by atoms with Gasteiger partial charge in [0.05, 0.1) is 17.1 Å². The minimum absolute atomic E-state index is 0.0000227. The summed E-state index contributed by atoms with van der Waals surface area (Å²) < 4.78 is 52.8. The molecule has 2 aromatic heterocycles. The molecule has 4 rings (SSSR count). The fraction of sp³-hybridized carbons (Fsp3) is 0.483. The van der Waals surface area contributed by atoms with E-state index in [1.807, 2.05) is 0 Å². The Morgan fingerprint density at radius 3 is 2.43 bits per heavy atom. The van der Waals surface area contributed by atoms with Crippen LogP contribution in [0.4, 0.5) is 18.0 Å². The van der Waals surface area contributed by atoms with Crippen molar-refractivity contribution in [2.45, 2.75) is 77.9 Å². The zero-order valence-electron chi connectivity index (χ0n) is 24.1. The van der Waals surface area contributed by atoms with Crippen molar-refractivity contribution in [1.29, 1.82) is 0 Å². The molecular weight excluding hydrogens is 555 g/mol. The predicted molar refractivity (Wildman–Crippen MR) is 149 cm³/mol. The first-order valence-corrected chi connectivity index (χ1v) is 13.6. The SMILES string of the molecule is CC(C)NC(=O)Cn1c(-c2cccc(C(F)(F)F)c2)nc2ncc(OC3CCN(C(=O)OC(C)(C)C)CC3)cc2c1=O. The molecule has 1 N–H and O–H groups in total. The molecule has 10 nitrogen and oxygen atoms in total. The molecule has 226 valence electrons. The van der Waals surface area contributed by atoms with E-state index in [0.717, 1.165) is 16.7 Å². The highest BCUT2D eigenvalue weighted by molar-refractivity contribution is 5.80. The van der Waals surface area contributed by atoms with Crippen molar-refractivity contribution in [3.63, 3.8) is 0 Å². The Morgan fingerprint density at radius 1 is 1.12 bits per heavy atom. The van der Waals surface area contributed by atoms with Crippen LogP contribution in [0.3, 0.4) is 0 Å². The van der Waals surface area contributed by atoms with Gasteiger partial charge in [0.25, 0.3) is 5.56 Å². The second kappa shape index (κ2) is 12.0. The second-order valence-electron chi connectivity index (χ2n) is 11.5. The van der Waals surface area contributed by atoms with Crippen LogP contribution in [0, 0.1) is 0 Å². The van der Waals surface area contributed by atoms with Crippen LogP contribution in [0.1, 0.15) is 53.0 Å². The molecule has 13 heteroatoms. The third-order valence-electron chi connectivity index (χ3n) is 6.38. The molecule has 0 unspecified atom stereocenters. The number of hydrogen-bond donors (Lipinski definition) is 1. The standard InChI is InChI=1S/C29H34F3N5O5/c1-17(2)34-23(38)16-37-25(18-7-6-8-19(13-18)29(30,31)32)35-24-22(26(37)39)14-21(15-33-24)41-20-9-11-36(12-10-20)27(40)42-28(3,4)5/h6-8,13-15,17,20H,9-12,16H2,1-5H3,(H,34,38). The maximum Gasteiger partial charge on any atom is 0.416 e. The zero-order valence-corrected chi connectivity index (χ0v) is 24.1. The van der Waals surface area contributed by atoms with Crippen LogP contribution in [0.25, 0.3) is 22.4 Å². The van der Waals surface area contributed by atoms with Crippen LogP contribution in [0.5, 0.6) is 5.75 Å². The van der Waals surface area contributed by atoms with E-state index in [1.54, 1.807) is 39.5 Å². The fourth-order valence-electron chi connectivity index (χ4n) is 4.54. The summed E-state index contributed by atoms with van der Waals surface area (Å²) in [5.74, 6) is -0.325. The van der Waals surface area contributed by atoms with Crippen molar-refractivity contribution >= 4 is 23.0 Å². The second-order valence-corrected chi connectivity index (χ2v) is 11.5. The molecule has 1 fully saturated rings. The Balaban J connectivity index is 1.64. The number of alkyl halides is 3. The molecular formula is C29H34F3N5O5. The van der Waals surface area contributed by atoms with Gasteiger partial charge in [-0.2, -0.15) is 13.2 Å². The van der Waals surface area contributed by atoms with Crippen molar-refractivity contribution in [3.8, 4) is 17.1 Å². The Hall–Kier alpha value is -4.16. The number of aromatic nitrogens is 3. The maximum atomic E-state index is 13.7. The van der Waals surface area contributed by atoms with Crippen molar-refractivity contribution < 1.29 is 32.2 Å². The third kappa shape index (κ3) is 7.56. The minimum atomic E-state index is -4.61. The van der Waals surface area contributed by atoms with Crippen molar-refractivity contribution in [2.24, 2.45) is 0 Å². The molecule has 1 aromatic carbocycles. The van der Waals surface area contributed by atoms with E-state index in [9.17, 15) is 27.6 Å². The van der Waals surface area contributed by atoms with E-state index in [-0.39, 0.29) is 34.6 Å². The third-order valence-corrected chi connectivity index (χ3v) is 6.38. The highest BCUT2D eigenvalue weighted by Crippen LogP contribution is 2.32. The van der Waals surface area contributed by atoms with Crippen LogP contribution < -0.4 is 15.6 Å². The van der Waals surface area contributed by atoms with Gasteiger partial charge >= 0.3 is 12.3 Å². The summed E-state index contributed by atoms with van der Waals surface area (Å²) in [6.07, 6.45) is -2.80. The number of nitrogens with zero attached hydrogens (tertiary/aromatic N) is 4. The number of hydrogen-bond acceptors (Lipinski definition) is 7. The zero-order chi connectivity index (χ0) is 30.8. The minimum Gasteiger partial charge on any atom is -0.489 e. The van der Waals surface area contributed by atoms with Gasteiger partial charge in [-0.25, -0.2) is 14.8 Å². The predicted octanol–water partition coefficient (Wildman–Crippen LogP) is 4.78. The smallest absolute Gasteiger partial charge is 0.416 e. The van der Waals surface area contributed by atoms with Crippen molar-refractivity contribution in [2.75, 3.05) is 13.1 Å². The largest absolute Gasteiger partial charge is 0.489 e. The number of carbonyl (C=O) groups is 2. The van der Waals surface area contributed by atoms with E-state index in [1.165, 1.54) is 24.4 Å². The number of amides is 2. The first kappa shape index (κ1) is 30.8. The topological polar surface area (TPSA) is 116 Å². The summed E-state index contributed by atoms with van der Waals surface area (Å²) in [7, 11) is 0. The monoisotopic (exact) mass is 589 g/mol. The van der Waals surface area contributed by atoms with Gasteiger partial charge in [-0.3, -0.25) is 14.2 Å². The number of nitrogens with one attached hydrogen (secondary N) is 1. The van der Waals surface area contributed by atoms with Gasteiger partial charge in [0.1, 0.15) is 29.8 Å². The Kier molecular flexibility index (Phi) is 8.79. The van der Waals surface area contributed by atoms with E-state index < -0.39 is 41.4 Å². The van der Waals surface area contributed by atoms with Gasteiger partial charge in [-0.15, -0.1) is 0 Å². The number of halogens is 3. The first-order chi connectivity index (χ1) is 19.6. The Bertz CT molecular complexity index is 1520. The summed E-state index contributed by atoms with van der Waals surface area (Å²) in [5.41, 5.74) is -2.15. The summed E-state index contributed by atoms with van der Waals surface area (Å²) >= 11 is 0. The number of pyridine rings is 1. The fourth-order valence-corrected chi connectivity index (χ4v) is 4.54. The average molecular weight is 590 g/mol. The van der Waals surface area contributed by atoms with Gasteiger partial charge in [-0.1, -0.05) is 12.1 Å². The molecule has 3 heterocycles. The quantitative estimate of drug-likeness (QED) is 0.440. The maximum absolute atomic E-state index is 13.7. The summed E-state index contributed by atoms with van der Waals surface area (Å²) in [6, 6.07) is 5.64. The summed E-state index contributed by atoms with van der Waals surface area (Å²) in [4.78, 5) is 48.9. The Morgan fingerprint density at radius 2 is 1.81 bits per heavy atom. The lowest BCUT2D eigenvalue weighted by atomic mass is 10.1. The molecule has 0 saturated carbocycles. The molecule has 42 heavy (non-hydrogen) atoms. The van der Waals surface area contributed by atoms with Gasteiger partial charge in [-0.05, 0) is 52.8 Å². The number of likely N-dealkylation sites (tertiary alicyclic amines) is 1. The van der Waals surface area contributed by atoms with E-state index in [2.05, 4.69) is 15.3 Å². The summed E-state index contributed by atoms with van der Waals surface area (Å²) in [5, 5.41) is 2.73. The highest BCUT2D eigenvalue weighted by Gasteiger charge is 2.31. The van der Waals surface area contributed by atoms with Gasteiger partial charge in [0.15, 0.2) is 5.65 Å². The van der Waals surface area contributed by atoms with Crippen LogP contribution in [-0.4, -0.2) is 62.3 Å². The van der Waals surface area contributed by atoms with Crippen LogP contribution in [0.2, 0.25) is 0 Å². The molecule has 1 saturated heterocycles. The van der Waals surface area contributed by atoms with Crippen LogP contribution >= 0.6 is 0 Å². The average Bonchev–Trinajstić information content (AvgIpc) is 2.89. The van der Waals surface area contributed by atoms with E-state index in [4.69, 9.17) is 9.47 Å². The molecule has 0 atom stereocenters. The number of fused-ring (bicyclic) bond motifs is 1. The lowest BCUT2D eigenvalue weighted by Gasteiger charge is -2.33. The normalized spacial score (nSPS) is 14.7. The van der Waals surface area contributed by atoms with Gasteiger partial charge in [0.2, 0.25) is 5.91 Å². The number of rotatable bonds is 6. The molecule has 0 spiro atoms. The number of piperidine rings is 1. The number of carbonyl (C=O) groups excluding carboxylic acids is 2. The van der Waals surface area contributed by atoms with Gasteiger partial charge < -0.3 is 19.7 Å². The first-order valence-electron chi connectivity index (χ1n) is 13.6. The molecule has 2 amide bonds. The molecule has 1 aliphatic heterocycles. The van der Waals surface area contributed by atoms with Crippen LogP contribution in [-0.2, 0) is 22.3 Å². The van der Waals surface area contributed by atoms with E-state index >= 15 is 0 Å². The number of benzene rings is 1. The molecule has 0 radical (unpaired) electrons.